The molecule has 1 saturated heterocycles. The minimum Gasteiger partial charge on any atom is -0.469 e. The minimum absolute atomic E-state index is 0.221. The van der Waals surface area contributed by atoms with Gasteiger partial charge in [-0.3, -0.25) is 4.79 Å². The van der Waals surface area contributed by atoms with Crippen LogP contribution in [0, 0.1) is 0 Å². The number of hydrogen-bond donors (Lipinski definition) is 0. The number of benzene rings is 1. The van der Waals surface area contributed by atoms with Gasteiger partial charge in [0.25, 0.3) is 0 Å². The van der Waals surface area contributed by atoms with Crippen LogP contribution in [0.25, 0.3) is 0 Å². The maximum absolute atomic E-state index is 11.2. The van der Waals surface area contributed by atoms with Crippen LogP contribution in [0.15, 0.2) is 30.3 Å². The van der Waals surface area contributed by atoms with E-state index in [2.05, 4.69) is 4.74 Å². The summed E-state index contributed by atoms with van der Waals surface area (Å²) >= 11 is 0. The topological polar surface area (TPSA) is 44.8 Å². The van der Waals surface area contributed by atoms with Crippen molar-refractivity contribution >= 4 is 5.97 Å². The third kappa shape index (κ3) is 2.65. The zero-order valence-electron chi connectivity index (χ0n) is 10.0. The first kappa shape index (κ1) is 12.1. The predicted octanol–water partition coefficient (Wildman–Crippen LogP) is 1.84. The van der Waals surface area contributed by atoms with E-state index in [0.29, 0.717) is 6.61 Å². The Bertz CT molecular complexity index is 390. The van der Waals surface area contributed by atoms with Crippen LogP contribution in [0.4, 0.5) is 0 Å². The van der Waals surface area contributed by atoms with Crippen molar-refractivity contribution in [2.24, 2.45) is 0 Å². The van der Waals surface area contributed by atoms with Crippen molar-refractivity contribution < 1.29 is 19.0 Å². The lowest BCUT2D eigenvalue weighted by Gasteiger charge is -2.23. The van der Waals surface area contributed by atoms with E-state index in [1.807, 2.05) is 37.3 Å². The molecule has 0 bridgehead atoms. The van der Waals surface area contributed by atoms with Crippen molar-refractivity contribution in [1.29, 1.82) is 0 Å². The molecule has 0 saturated carbocycles. The van der Waals surface area contributed by atoms with E-state index in [0.717, 1.165) is 5.56 Å². The molecule has 2 rings (SSSR count). The number of hydrogen-bond acceptors (Lipinski definition) is 4. The Morgan fingerprint density at radius 1 is 1.47 bits per heavy atom. The number of methoxy groups -OCH3 is 1. The molecule has 0 aromatic heterocycles. The lowest BCUT2D eigenvalue weighted by Crippen LogP contribution is -2.24. The first-order valence-electron chi connectivity index (χ1n) is 5.58. The van der Waals surface area contributed by atoms with Gasteiger partial charge < -0.3 is 14.2 Å². The summed E-state index contributed by atoms with van der Waals surface area (Å²) in [7, 11) is 1.37. The molecule has 17 heavy (non-hydrogen) atoms. The lowest BCUT2D eigenvalue weighted by molar-refractivity contribution is -0.166. The smallest absolute Gasteiger partial charge is 0.308 e. The largest absolute Gasteiger partial charge is 0.469 e. The van der Waals surface area contributed by atoms with Crippen molar-refractivity contribution in [1.82, 2.24) is 0 Å². The molecule has 0 radical (unpaired) electrons. The van der Waals surface area contributed by atoms with Crippen LogP contribution in [-0.2, 0) is 24.8 Å². The quantitative estimate of drug-likeness (QED) is 0.751. The molecule has 1 aliphatic rings. The van der Waals surface area contributed by atoms with E-state index in [1.165, 1.54) is 7.11 Å². The third-order valence-corrected chi connectivity index (χ3v) is 2.86. The van der Waals surface area contributed by atoms with Crippen LogP contribution in [0.5, 0.6) is 0 Å². The van der Waals surface area contributed by atoms with Crippen molar-refractivity contribution in [3.05, 3.63) is 35.9 Å². The zero-order valence-corrected chi connectivity index (χ0v) is 10.0. The van der Waals surface area contributed by atoms with Gasteiger partial charge in [0.15, 0.2) is 5.79 Å². The monoisotopic (exact) mass is 236 g/mol. The Balaban J connectivity index is 2.03. The summed E-state index contributed by atoms with van der Waals surface area (Å²) in [6.07, 6.45) is -0.0218. The summed E-state index contributed by atoms with van der Waals surface area (Å²) in [5, 5.41) is 0. The van der Waals surface area contributed by atoms with Gasteiger partial charge in [-0.25, -0.2) is 0 Å². The number of carbonyl (C=O) groups excluding carboxylic acids is 1. The van der Waals surface area contributed by atoms with Crippen molar-refractivity contribution in [2.45, 2.75) is 25.2 Å². The zero-order chi connectivity index (χ0) is 12.3. The molecule has 4 heteroatoms. The van der Waals surface area contributed by atoms with Crippen LogP contribution in [0.2, 0.25) is 0 Å². The molecule has 0 aliphatic carbocycles. The van der Waals surface area contributed by atoms with Gasteiger partial charge in [0.1, 0.15) is 0 Å². The second-order valence-corrected chi connectivity index (χ2v) is 4.14. The van der Waals surface area contributed by atoms with Crippen molar-refractivity contribution in [3.8, 4) is 0 Å². The number of ether oxygens (including phenoxy) is 3. The van der Waals surface area contributed by atoms with Gasteiger partial charge in [0, 0.05) is 5.56 Å². The molecular weight excluding hydrogens is 220 g/mol. The molecule has 4 nitrogen and oxygen atoms in total. The normalized spacial score (nSPS) is 28.0. The maximum atomic E-state index is 11.2. The van der Waals surface area contributed by atoms with Gasteiger partial charge in [-0.2, -0.15) is 0 Å². The second kappa shape index (κ2) is 4.85. The van der Waals surface area contributed by atoms with Crippen molar-refractivity contribution in [3.63, 3.8) is 0 Å². The van der Waals surface area contributed by atoms with Gasteiger partial charge in [-0.05, 0) is 6.92 Å². The lowest BCUT2D eigenvalue weighted by atomic mass is 10.1. The molecule has 2 atom stereocenters. The predicted molar refractivity (Wildman–Crippen MR) is 61.3 cm³/mol. The first-order chi connectivity index (χ1) is 8.14. The molecule has 2 unspecified atom stereocenters. The Hall–Kier alpha value is -1.39. The van der Waals surface area contributed by atoms with Crippen LogP contribution in [0.3, 0.4) is 0 Å². The van der Waals surface area contributed by atoms with E-state index >= 15 is 0 Å². The third-order valence-electron chi connectivity index (χ3n) is 2.86. The van der Waals surface area contributed by atoms with E-state index in [9.17, 15) is 4.79 Å². The molecule has 0 spiro atoms. The molecular formula is C13H16O4. The number of carbonyl (C=O) groups is 1. The molecule has 1 fully saturated rings. The van der Waals surface area contributed by atoms with Gasteiger partial charge in [-0.1, -0.05) is 30.3 Å². The van der Waals surface area contributed by atoms with Gasteiger partial charge in [0.05, 0.1) is 26.2 Å². The van der Waals surface area contributed by atoms with E-state index in [4.69, 9.17) is 9.47 Å². The summed E-state index contributed by atoms with van der Waals surface area (Å²) in [5.74, 6) is -1.05. The van der Waals surface area contributed by atoms with Gasteiger partial charge >= 0.3 is 5.97 Å². The summed E-state index contributed by atoms with van der Waals surface area (Å²) in [6, 6.07) is 9.69. The Morgan fingerprint density at radius 3 is 2.82 bits per heavy atom. The summed E-state index contributed by atoms with van der Waals surface area (Å²) in [5.41, 5.74) is 0.951. The second-order valence-electron chi connectivity index (χ2n) is 4.14. The Kier molecular flexibility index (Phi) is 3.45. The van der Waals surface area contributed by atoms with E-state index in [-0.39, 0.29) is 18.5 Å². The first-order valence-corrected chi connectivity index (χ1v) is 5.58. The highest BCUT2D eigenvalue weighted by Gasteiger charge is 2.39. The maximum Gasteiger partial charge on any atom is 0.308 e. The Morgan fingerprint density at radius 2 is 2.18 bits per heavy atom. The minimum atomic E-state index is -0.764. The fraction of sp³-hybridized carbons (Fsp3) is 0.462. The molecule has 1 aromatic carbocycles. The summed E-state index contributed by atoms with van der Waals surface area (Å²) in [6.45, 7) is 2.26. The van der Waals surface area contributed by atoms with Crippen LogP contribution >= 0.6 is 0 Å². The number of rotatable bonds is 3. The molecule has 0 N–H and O–H groups in total. The van der Waals surface area contributed by atoms with Gasteiger partial charge in [0.2, 0.25) is 0 Å². The number of esters is 1. The van der Waals surface area contributed by atoms with Crippen LogP contribution in [0.1, 0.15) is 18.9 Å². The standard InChI is InChI=1S/C13H16O4/c1-13(10-6-4-3-5-7-10)16-9-11(17-13)8-12(14)15-2/h3-7,11H,8-9H2,1-2H3. The highest BCUT2D eigenvalue weighted by Crippen LogP contribution is 2.34. The molecule has 1 aliphatic heterocycles. The molecule has 0 amide bonds. The summed E-state index contributed by atoms with van der Waals surface area (Å²) in [4.78, 5) is 11.2. The average Bonchev–Trinajstić information content (AvgIpc) is 2.73. The van der Waals surface area contributed by atoms with Crippen LogP contribution in [-0.4, -0.2) is 25.8 Å². The Labute approximate surface area is 100 Å². The van der Waals surface area contributed by atoms with Gasteiger partial charge in [-0.15, -0.1) is 0 Å². The fourth-order valence-corrected chi connectivity index (χ4v) is 1.90. The molecule has 92 valence electrons. The van der Waals surface area contributed by atoms with E-state index in [1.54, 1.807) is 0 Å². The average molecular weight is 236 g/mol. The highest BCUT2D eigenvalue weighted by atomic mass is 16.7. The molecule has 1 heterocycles. The molecule has 1 aromatic rings. The highest BCUT2D eigenvalue weighted by molar-refractivity contribution is 5.69. The fourth-order valence-electron chi connectivity index (χ4n) is 1.90. The van der Waals surface area contributed by atoms with E-state index < -0.39 is 5.79 Å². The summed E-state index contributed by atoms with van der Waals surface area (Å²) < 4.78 is 16.1. The van der Waals surface area contributed by atoms with Crippen molar-refractivity contribution in [2.75, 3.05) is 13.7 Å². The van der Waals surface area contributed by atoms with Crippen LogP contribution < -0.4 is 0 Å². The SMILES string of the molecule is COC(=O)CC1COC(C)(c2ccccc2)O1.